The van der Waals surface area contributed by atoms with Gasteiger partial charge in [0.05, 0.1) is 24.2 Å². The first-order valence-corrected chi connectivity index (χ1v) is 7.67. The van der Waals surface area contributed by atoms with Crippen molar-refractivity contribution in [2.45, 2.75) is 4.90 Å². The maximum Gasteiger partial charge on any atom is 0.255 e. The largest absolute Gasteiger partial charge is 0.495 e. The first-order chi connectivity index (χ1) is 10.7. The van der Waals surface area contributed by atoms with Crippen molar-refractivity contribution in [1.82, 2.24) is 0 Å². The highest BCUT2D eigenvalue weighted by molar-refractivity contribution is 8.00. The number of para-hydroxylation sites is 2. The van der Waals surface area contributed by atoms with Crippen LogP contribution in [-0.4, -0.2) is 24.7 Å². The van der Waals surface area contributed by atoms with E-state index in [4.69, 9.17) is 4.74 Å². The van der Waals surface area contributed by atoms with Crippen molar-refractivity contribution in [1.29, 1.82) is 0 Å². The summed E-state index contributed by atoms with van der Waals surface area (Å²) in [6, 6.07) is 12.5. The highest BCUT2D eigenvalue weighted by Gasteiger charge is 2.17. The van der Waals surface area contributed by atoms with E-state index in [0.717, 1.165) is 4.90 Å². The molecule has 0 fully saturated rings. The fourth-order valence-electron chi connectivity index (χ4n) is 2.17. The van der Waals surface area contributed by atoms with Crippen LogP contribution in [0.3, 0.4) is 0 Å². The van der Waals surface area contributed by atoms with Crippen molar-refractivity contribution >= 4 is 35.0 Å². The SMILES string of the molecule is COc1ccccc1NC(=O)c1ccc2c(c1)NC(=O)CS2. The Hall–Kier alpha value is -2.47. The number of rotatable bonds is 3. The van der Waals surface area contributed by atoms with E-state index in [1.807, 2.05) is 18.2 Å². The Bertz CT molecular complexity index is 746. The topological polar surface area (TPSA) is 67.4 Å². The summed E-state index contributed by atoms with van der Waals surface area (Å²) in [6.45, 7) is 0. The van der Waals surface area contributed by atoms with E-state index in [9.17, 15) is 9.59 Å². The van der Waals surface area contributed by atoms with Gasteiger partial charge in [0.15, 0.2) is 0 Å². The number of anilines is 2. The molecule has 0 saturated heterocycles. The van der Waals surface area contributed by atoms with Gasteiger partial charge in [0, 0.05) is 10.5 Å². The Morgan fingerprint density at radius 2 is 2.09 bits per heavy atom. The van der Waals surface area contributed by atoms with Crippen LogP contribution in [0.2, 0.25) is 0 Å². The molecule has 0 aliphatic carbocycles. The van der Waals surface area contributed by atoms with Gasteiger partial charge in [-0.3, -0.25) is 9.59 Å². The van der Waals surface area contributed by atoms with E-state index in [2.05, 4.69) is 10.6 Å². The average molecular weight is 314 g/mol. The molecular weight excluding hydrogens is 300 g/mol. The van der Waals surface area contributed by atoms with E-state index in [1.54, 1.807) is 31.4 Å². The Labute approximate surface area is 132 Å². The first kappa shape index (κ1) is 14.5. The van der Waals surface area contributed by atoms with Crippen LogP contribution in [-0.2, 0) is 4.79 Å². The predicted octanol–water partition coefficient (Wildman–Crippen LogP) is 2.99. The van der Waals surface area contributed by atoms with Crippen LogP contribution in [0.15, 0.2) is 47.4 Å². The van der Waals surface area contributed by atoms with Crippen molar-refractivity contribution in [3.63, 3.8) is 0 Å². The van der Waals surface area contributed by atoms with Crippen molar-refractivity contribution in [2.75, 3.05) is 23.5 Å². The third kappa shape index (κ3) is 2.92. The number of amides is 2. The van der Waals surface area contributed by atoms with Crippen molar-refractivity contribution in [2.24, 2.45) is 0 Å². The number of methoxy groups -OCH3 is 1. The summed E-state index contributed by atoms with van der Waals surface area (Å²) >= 11 is 1.46. The predicted molar refractivity (Wildman–Crippen MR) is 86.7 cm³/mol. The van der Waals surface area contributed by atoms with E-state index < -0.39 is 0 Å². The van der Waals surface area contributed by atoms with Gasteiger partial charge in [-0.05, 0) is 30.3 Å². The molecule has 0 unspecified atom stereocenters. The zero-order valence-electron chi connectivity index (χ0n) is 11.9. The second-order valence-corrected chi connectivity index (χ2v) is 5.72. The maximum absolute atomic E-state index is 12.4. The molecule has 0 aromatic heterocycles. The maximum atomic E-state index is 12.4. The van der Waals surface area contributed by atoms with Crippen molar-refractivity contribution < 1.29 is 14.3 Å². The molecular formula is C16H14N2O3S. The van der Waals surface area contributed by atoms with Crippen LogP contribution in [0.1, 0.15) is 10.4 Å². The fraction of sp³-hybridized carbons (Fsp3) is 0.125. The fourth-order valence-corrected chi connectivity index (χ4v) is 2.96. The molecule has 1 heterocycles. The number of thioether (sulfide) groups is 1. The summed E-state index contributed by atoms with van der Waals surface area (Å²) in [7, 11) is 1.55. The molecule has 2 aromatic rings. The molecule has 2 aromatic carbocycles. The standard InChI is InChI=1S/C16H14N2O3S/c1-21-13-5-3-2-4-11(13)18-16(20)10-6-7-14-12(8-10)17-15(19)9-22-14/h2-8H,9H2,1H3,(H,17,19)(H,18,20). The highest BCUT2D eigenvalue weighted by Crippen LogP contribution is 2.32. The van der Waals surface area contributed by atoms with Gasteiger partial charge in [-0.25, -0.2) is 0 Å². The Kier molecular flexibility index (Phi) is 4.02. The van der Waals surface area contributed by atoms with Crippen molar-refractivity contribution in [3.8, 4) is 5.75 Å². The minimum Gasteiger partial charge on any atom is -0.495 e. The van der Waals surface area contributed by atoms with Gasteiger partial charge in [0.25, 0.3) is 5.91 Å². The molecule has 0 atom stereocenters. The highest BCUT2D eigenvalue weighted by atomic mass is 32.2. The third-order valence-corrected chi connectivity index (χ3v) is 4.30. The number of benzene rings is 2. The van der Waals surface area contributed by atoms with Crippen LogP contribution in [0, 0.1) is 0 Å². The molecule has 0 spiro atoms. The van der Waals surface area contributed by atoms with Gasteiger partial charge in [-0.2, -0.15) is 0 Å². The summed E-state index contributed by atoms with van der Waals surface area (Å²) in [6.07, 6.45) is 0. The van der Waals surface area contributed by atoms with Gasteiger partial charge in [0.1, 0.15) is 5.75 Å². The minimum atomic E-state index is -0.253. The molecule has 22 heavy (non-hydrogen) atoms. The Balaban J connectivity index is 1.83. The number of carbonyl (C=O) groups excluding carboxylic acids is 2. The van der Waals surface area contributed by atoms with E-state index in [1.165, 1.54) is 11.8 Å². The molecule has 0 radical (unpaired) electrons. The summed E-state index contributed by atoms with van der Waals surface area (Å²) in [5.41, 5.74) is 1.76. The smallest absolute Gasteiger partial charge is 0.255 e. The number of hydrogen-bond donors (Lipinski definition) is 2. The van der Waals surface area contributed by atoms with E-state index in [0.29, 0.717) is 28.4 Å². The molecule has 1 aliphatic heterocycles. The summed E-state index contributed by atoms with van der Waals surface area (Å²) in [4.78, 5) is 24.8. The van der Waals surface area contributed by atoms with Gasteiger partial charge >= 0.3 is 0 Å². The average Bonchev–Trinajstić information content (AvgIpc) is 2.54. The summed E-state index contributed by atoms with van der Waals surface area (Å²) in [5, 5.41) is 5.59. The molecule has 2 N–H and O–H groups in total. The molecule has 5 nitrogen and oxygen atoms in total. The van der Waals surface area contributed by atoms with Crippen LogP contribution < -0.4 is 15.4 Å². The Morgan fingerprint density at radius 1 is 1.27 bits per heavy atom. The van der Waals surface area contributed by atoms with Crippen LogP contribution >= 0.6 is 11.8 Å². The quantitative estimate of drug-likeness (QED) is 0.914. The zero-order valence-corrected chi connectivity index (χ0v) is 12.7. The monoisotopic (exact) mass is 314 g/mol. The molecule has 0 bridgehead atoms. The van der Waals surface area contributed by atoms with Gasteiger partial charge in [-0.1, -0.05) is 12.1 Å². The zero-order chi connectivity index (χ0) is 15.5. The molecule has 1 aliphatic rings. The molecule has 2 amide bonds. The number of nitrogens with one attached hydrogen (secondary N) is 2. The number of fused-ring (bicyclic) bond motifs is 1. The van der Waals surface area contributed by atoms with Gasteiger partial charge in [-0.15, -0.1) is 11.8 Å². The van der Waals surface area contributed by atoms with Gasteiger partial charge in [0.2, 0.25) is 5.91 Å². The lowest BCUT2D eigenvalue weighted by atomic mass is 10.1. The van der Waals surface area contributed by atoms with E-state index >= 15 is 0 Å². The number of carbonyl (C=O) groups is 2. The molecule has 6 heteroatoms. The van der Waals surface area contributed by atoms with Crippen LogP contribution in [0.4, 0.5) is 11.4 Å². The second kappa shape index (κ2) is 6.11. The normalized spacial score (nSPS) is 13.0. The Morgan fingerprint density at radius 3 is 2.91 bits per heavy atom. The molecule has 112 valence electrons. The number of hydrogen-bond acceptors (Lipinski definition) is 4. The van der Waals surface area contributed by atoms with Crippen LogP contribution in [0.25, 0.3) is 0 Å². The minimum absolute atomic E-state index is 0.0558. The summed E-state index contributed by atoms with van der Waals surface area (Å²) in [5.74, 6) is 0.689. The second-order valence-electron chi connectivity index (χ2n) is 4.70. The number of ether oxygens (including phenoxy) is 1. The lowest BCUT2D eigenvalue weighted by molar-refractivity contribution is -0.113. The lowest BCUT2D eigenvalue weighted by Crippen LogP contribution is -2.20. The summed E-state index contributed by atoms with van der Waals surface area (Å²) < 4.78 is 5.21. The van der Waals surface area contributed by atoms with Gasteiger partial charge < -0.3 is 15.4 Å². The molecule has 0 saturated carbocycles. The molecule has 3 rings (SSSR count). The lowest BCUT2D eigenvalue weighted by Gasteiger charge is -2.17. The van der Waals surface area contributed by atoms with Crippen LogP contribution in [0.5, 0.6) is 5.75 Å². The van der Waals surface area contributed by atoms with Crippen molar-refractivity contribution in [3.05, 3.63) is 48.0 Å². The van der Waals surface area contributed by atoms with E-state index in [-0.39, 0.29) is 11.8 Å². The third-order valence-electron chi connectivity index (χ3n) is 3.23. The first-order valence-electron chi connectivity index (χ1n) is 6.68.